The van der Waals surface area contributed by atoms with E-state index in [0.717, 1.165) is 76.2 Å². The molecular formula is C29H36N6O. The van der Waals surface area contributed by atoms with E-state index < -0.39 is 0 Å². The van der Waals surface area contributed by atoms with Gasteiger partial charge in [0.05, 0.1) is 29.7 Å². The molecular weight excluding hydrogens is 448 g/mol. The lowest BCUT2D eigenvalue weighted by Gasteiger charge is -2.45. The van der Waals surface area contributed by atoms with Gasteiger partial charge in [-0.1, -0.05) is 24.3 Å². The Labute approximate surface area is 214 Å². The van der Waals surface area contributed by atoms with E-state index in [2.05, 4.69) is 55.5 Å². The summed E-state index contributed by atoms with van der Waals surface area (Å²) in [5, 5.41) is 9.12. The maximum atomic E-state index is 13.7. The Morgan fingerprint density at radius 3 is 2.67 bits per heavy atom. The Hall–Kier alpha value is -3.37. The molecule has 7 nitrogen and oxygen atoms in total. The average Bonchev–Trinajstić information content (AvgIpc) is 3.41. The van der Waals surface area contributed by atoms with Gasteiger partial charge in [0.2, 0.25) is 5.91 Å². The molecule has 3 heterocycles. The van der Waals surface area contributed by atoms with E-state index in [-0.39, 0.29) is 18.0 Å². The van der Waals surface area contributed by atoms with E-state index in [1.807, 2.05) is 36.8 Å². The molecule has 0 saturated carbocycles. The number of piperazine rings is 1. The topological polar surface area (TPSA) is 68.4 Å². The molecule has 1 amide bonds. The number of allylic oxidation sites excluding steroid dienone is 4. The second kappa shape index (κ2) is 11.1. The molecule has 2 aromatic rings. The first-order valence-corrected chi connectivity index (χ1v) is 13.3. The molecule has 3 aliphatic rings. The summed E-state index contributed by atoms with van der Waals surface area (Å²) >= 11 is 0. The van der Waals surface area contributed by atoms with Crippen LogP contribution in [0, 0.1) is 11.3 Å². The second-order valence-electron chi connectivity index (χ2n) is 10.2. The number of rotatable bonds is 6. The van der Waals surface area contributed by atoms with Crippen molar-refractivity contribution in [3.8, 4) is 6.07 Å². The van der Waals surface area contributed by atoms with Gasteiger partial charge in [0.25, 0.3) is 0 Å². The Morgan fingerprint density at radius 1 is 1.14 bits per heavy atom. The Morgan fingerprint density at radius 2 is 1.94 bits per heavy atom. The molecule has 36 heavy (non-hydrogen) atoms. The number of hydrogen-bond acceptors (Lipinski definition) is 5. The van der Waals surface area contributed by atoms with Gasteiger partial charge in [-0.3, -0.25) is 9.69 Å². The zero-order chi connectivity index (χ0) is 24.9. The summed E-state index contributed by atoms with van der Waals surface area (Å²) in [7, 11) is 0. The zero-order valence-corrected chi connectivity index (χ0v) is 21.2. The molecule has 7 heteroatoms. The minimum atomic E-state index is -0.137. The number of nitrogens with zero attached hydrogens (tertiary/aromatic N) is 6. The molecule has 5 rings (SSSR count). The van der Waals surface area contributed by atoms with Crippen LogP contribution in [0.25, 0.3) is 0 Å². The first kappa shape index (κ1) is 24.3. The highest BCUT2D eigenvalue weighted by atomic mass is 16.2. The molecule has 2 saturated heterocycles. The molecule has 1 aliphatic carbocycles. The van der Waals surface area contributed by atoms with Crippen LogP contribution in [0.1, 0.15) is 61.9 Å². The number of piperidine rings is 1. The lowest BCUT2D eigenvalue weighted by atomic mass is 10.0. The smallest absolute Gasteiger partial charge is 0.246 e. The maximum absolute atomic E-state index is 13.7. The average molecular weight is 485 g/mol. The predicted octanol–water partition coefficient (Wildman–Crippen LogP) is 4.10. The third-order valence-electron chi connectivity index (χ3n) is 7.85. The number of carbonyl (C=O) groups excluding carboxylic acids is 1. The normalized spacial score (nSPS) is 21.7. The summed E-state index contributed by atoms with van der Waals surface area (Å²) in [6.07, 6.45) is 15.9. The predicted molar refractivity (Wildman–Crippen MR) is 140 cm³/mol. The molecule has 1 aromatic heterocycles. The van der Waals surface area contributed by atoms with Crippen LogP contribution in [0.3, 0.4) is 0 Å². The summed E-state index contributed by atoms with van der Waals surface area (Å²) in [6, 6.07) is 9.94. The van der Waals surface area contributed by atoms with Gasteiger partial charge in [-0.15, -0.1) is 0 Å². The Balaban J connectivity index is 1.33. The first-order valence-electron chi connectivity index (χ1n) is 13.3. The summed E-state index contributed by atoms with van der Waals surface area (Å²) in [5.74, 6) is 0.286. The van der Waals surface area contributed by atoms with E-state index in [0.29, 0.717) is 5.56 Å². The van der Waals surface area contributed by atoms with Crippen molar-refractivity contribution in [2.75, 3.05) is 32.7 Å². The number of nitriles is 1. The van der Waals surface area contributed by atoms with E-state index in [1.165, 1.54) is 12.1 Å². The standard InChI is InChI=1S/C29H36N6O/c1-23(25-12-10-24(18-30)11-13-25)35-22-31-19-27(35)20-32-16-17-34(26-8-4-2-5-9-26)28(21-32)29(36)33-14-6-3-7-15-33/h2,4,8,10-13,19,22-23,28H,3,5-7,9,14-17,20-21H2,1H3. The highest BCUT2D eigenvalue weighted by molar-refractivity contribution is 5.82. The summed E-state index contributed by atoms with van der Waals surface area (Å²) in [4.78, 5) is 25.1. The molecule has 2 fully saturated rings. The number of amides is 1. The van der Waals surface area contributed by atoms with Crippen molar-refractivity contribution in [3.63, 3.8) is 0 Å². The Kier molecular flexibility index (Phi) is 7.52. The van der Waals surface area contributed by atoms with Crippen LogP contribution in [0.15, 0.2) is 60.7 Å². The molecule has 2 atom stereocenters. The largest absolute Gasteiger partial charge is 0.361 e. The molecule has 1 aromatic carbocycles. The third kappa shape index (κ3) is 5.24. The van der Waals surface area contributed by atoms with Crippen LogP contribution in [-0.2, 0) is 11.3 Å². The number of hydrogen-bond donors (Lipinski definition) is 0. The number of benzene rings is 1. The highest BCUT2D eigenvalue weighted by Crippen LogP contribution is 2.26. The number of imidazole rings is 1. The van der Waals surface area contributed by atoms with Gasteiger partial charge < -0.3 is 14.4 Å². The van der Waals surface area contributed by atoms with E-state index >= 15 is 0 Å². The van der Waals surface area contributed by atoms with Crippen molar-refractivity contribution in [2.24, 2.45) is 0 Å². The minimum absolute atomic E-state index is 0.112. The fourth-order valence-corrected chi connectivity index (χ4v) is 5.72. The Bertz CT molecular complexity index is 1150. The van der Waals surface area contributed by atoms with Gasteiger partial charge >= 0.3 is 0 Å². The quantitative estimate of drug-likeness (QED) is 0.618. The van der Waals surface area contributed by atoms with Gasteiger partial charge in [-0.05, 0) is 62.8 Å². The summed E-state index contributed by atoms with van der Waals surface area (Å²) in [5.41, 5.74) is 4.26. The van der Waals surface area contributed by atoms with Crippen LogP contribution in [0.5, 0.6) is 0 Å². The van der Waals surface area contributed by atoms with Crippen LogP contribution in [0.4, 0.5) is 0 Å². The van der Waals surface area contributed by atoms with Crippen LogP contribution in [-0.4, -0.2) is 68.9 Å². The van der Waals surface area contributed by atoms with Crippen LogP contribution in [0.2, 0.25) is 0 Å². The van der Waals surface area contributed by atoms with E-state index in [9.17, 15) is 4.79 Å². The number of aromatic nitrogens is 2. The highest BCUT2D eigenvalue weighted by Gasteiger charge is 2.36. The van der Waals surface area contributed by atoms with Gasteiger partial charge in [-0.2, -0.15) is 5.26 Å². The second-order valence-corrected chi connectivity index (χ2v) is 10.2. The number of likely N-dealkylation sites (tertiary alicyclic amines) is 1. The van der Waals surface area contributed by atoms with Crippen molar-refractivity contribution < 1.29 is 4.79 Å². The summed E-state index contributed by atoms with van der Waals surface area (Å²) in [6.45, 7) is 7.21. The SMILES string of the molecule is CC(c1ccc(C#N)cc1)n1cncc1CN1CCN(C2=CC=CCC2)C(C(=O)N2CCCCC2)C1. The zero-order valence-electron chi connectivity index (χ0n) is 21.2. The van der Waals surface area contributed by atoms with Crippen molar-refractivity contribution in [1.29, 1.82) is 5.26 Å². The minimum Gasteiger partial charge on any atom is -0.361 e. The molecule has 2 aliphatic heterocycles. The van der Waals surface area contributed by atoms with Gasteiger partial charge in [0.1, 0.15) is 6.04 Å². The van der Waals surface area contributed by atoms with E-state index in [1.54, 1.807) is 0 Å². The molecule has 0 spiro atoms. The molecule has 188 valence electrons. The van der Waals surface area contributed by atoms with Crippen LogP contribution >= 0.6 is 0 Å². The fraction of sp³-hybridized carbons (Fsp3) is 0.483. The van der Waals surface area contributed by atoms with Crippen molar-refractivity contribution in [2.45, 2.75) is 57.7 Å². The monoisotopic (exact) mass is 484 g/mol. The fourth-order valence-electron chi connectivity index (χ4n) is 5.72. The van der Waals surface area contributed by atoms with Crippen molar-refractivity contribution in [3.05, 3.63) is 77.5 Å². The molecule has 0 bridgehead atoms. The van der Waals surface area contributed by atoms with E-state index in [4.69, 9.17) is 5.26 Å². The summed E-state index contributed by atoms with van der Waals surface area (Å²) < 4.78 is 2.21. The van der Waals surface area contributed by atoms with Crippen molar-refractivity contribution in [1.82, 2.24) is 24.3 Å². The van der Waals surface area contributed by atoms with Crippen molar-refractivity contribution >= 4 is 5.91 Å². The number of carbonyl (C=O) groups is 1. The van der Waals surface area contributed by atoms with Gasteiger partial charge in [-0.25, -0.2) is 4.98 Å². The van der Waals surface area contributed by atoms with Crippen LogP contribution < -0.4 is 0 Å². The van der Waals surface area contributed by atoms with Gasteiger partial charge in [0, 0.05) is 51.2 Å². The first-order chi connectivity index (χ1) is 17.6. The lowest BCUT2D eigenvalue weighted by Crippen LogP contribution is -2.59. The molecule has 0 N–H and O–H groups in total. The lowest BCUT2D eigenvalue weighted by molar-refractivity contribution is -0.139. The van der Waals surface area contributed by atoms with Gasteiger partial charge in [0.15, 0.2) is 0 Å². The molecule has 0 radical (unpaired) electrons. The molecule has 2 unspecified atom stereocenters. The third-order valence-corrected chi connectivity index (χ3v) is 7.85. The maximum Gasteiger partial charge on any atom is 0.246 e.